The molecule has 0 radical (unpaired) electrons. The van der Waals surface area contributed by atoms with Crippen LogP contribution in [0.3, 0.4) is 0 Å². The molecule has 1 N–H and O–H groups in total. The fraction of sp³-hybridized carbons (Fsp3) is 0. The summed E-state index contributed by atoms with van der Waals surface area (Å²) in [5.41, 5.74) is -0.553. The number of nitrogens with one attached hydrogen (secondary N) is 1. The summed E-state index contributed by atoms with van der Waals surface area (Å²) in [7, 11) is 0. The highest BCUT2D eigenvalue weighted by molar-refractivity contribution is 6.30. The van der Waals surface area contributed by atoms with Gasteiger partial charge in [0.15, 0.2) is 11.6 Å². The molecule has 0 spiro atoms. The third kappa shape index (κ3) is 3.03. The number of benzene rings is 1. The van der Waals surface area contributed by atoms with Crippen LogP contribution in [0.15, 0.2) is 30.5 Å². The number of rotatable bonds is 2. The van der Waals surface area contributed by atoms with E-state index in [9.17, 15) is 18.0 Å². The van der Waals surface area contributed by atoms with Gasteiger partial charge in [-0.05, 0) is 12.1 Å². The van der Waals surface area contributed by atoms with Crippen molar-refractivity contribution in [3.05, 3.63) is 58.6 Å². The average molecular weight is 287 g/mol. The Kier molecular flexibility index (Phi) is 3.71. The van der Waals surface area contributed by atoms with Crippen molar-refractivity contribution in [1.29, 1.82) is 0 Å². The molecule has 0 bridgehead atoms. The van der Waals surface area contributed by atoms with E-state index in [1.165, 1.54) is 18.3 Å². The maximum absolute atomic E-state index is 13.3. The van der Waals surface area contributed by atoms with Crippen LogP contribution < -0.4 is 5.32 Å². The van der Waals surface area contributed by atoms with Crippen LogP contribution in [-0.4, -0.2) is 10.9 Å². The van der Waals surface area contributed by atoms with Crippen molar-refractivity contribution in [3.63, 3.8) is 0 Å². The smallest absolute Gasteiger partial charge is 0.274 e. The standard InChI is InChI=1S/C12H6ClF3N2O/c13-6-1-2-17-11(3-6)12(19)18-10-5-8(15)7(14)4-9(10)16/h1-5H,(H,18,19). The Labute approximate surface area is 111 Å². The molecule has 0 unspecified atom stereocenters. The molecule has 1 heterocycles. The summed E-state index contributed by atoms with van der Waals surface area (Å²) in [5.74, 6) is -4.48. The number of hydrogen-bond acceptors (Lipinski definition) is 2. The summed E-state index contributed by atoms with van der Waals surface area (Å²) in [5, 5.41) is 2.35. The molecular weight excluding hydrogens is 281 g/mol. The van der Waals surface area contributed by atoms with Crippen LogP contribution in [-0.2, 0) is 0 Å². The number of amides is 1. The van der Waals surface area contributed by atoms with Crippen LogP contribution in [0.5, 0.6) is 0 Å². The van der Waals surface area contributed by atoms with Gasteiger partial charge < -0.3 is 5.32 Å². The van der Waals surface area contributed by atoms with E-state index in [1.807, 2.05) is 0 Å². The number of carbonyl (C=O) groups excluding carboxylic acids is 1. The first-order valence-corrected chi connectivity index (χ1v) is 5.42. The Bertz CT molecular complexity index is 649. The third-order valence-corrected chi connectivity index (χ3v) is 2.45. The molecule has 0 fully saturated rings. The fourth-order valence-electron chi connectivity index (χ4n) is 1.33. The van der Waals surface area contributed by atoms with Gasteiger partial charge in [0.2, 0.25) is 0 Å². The molecule has 0 saturated carbocycles. The van der Waals surface area contributed by atoms with Crippen molar-refractivity contribution in [2.45, 2.75) is 0 Å². The van der Waals surface area contributed by atoms with Gasteiger partial charge in [0.1, 0.15) is 11.5 Å². The molecule has 2 rings (SSSR count). The Morgan fingerprint density at radius 3 is 2.47 bits per heavy atom. The second-order valence-electron chi connectivity index (χ2n) is 3.56. The molecule has 1 aromatic heterocycles. The van der Waals surface area contributed by atoms with Crippen molar-refractivity contribution in [1.82, 2.24) is 4.98 Å². The molecule has 1 amide bonds. The predicted molar refractivity (Wildman–Crippen MR) is 63.5 cm³/mol. The lowest BCUT2D eigenvalue weighted by atomic mass is 10.2. The van der Waals surface area contributed by atoms with E-state index in [1.54, 1.807) is 0 Å². The van der Waals surface area contributed by atoms with Gasteiger partial charge in [0, 0.05) is 23.4 Å². The summed E-state index contributed by atoms with van der Waals surface area (Å²) in [6.07, 6.45) is 1.29. The molecular formula is C12H6ClF3N2O. The van der Waals surface area contributed by atoms with Crippen LogP contribution in [0.4, 0.5) is 18.9 Å². The van der Waals surface area contributed by atoms with E-state index in [4.69, 9.17) is 11.6 Å². The third-order valence-electron chi connectivity index (χ3n) is 2.21. The number of carbonyl (C=O) groups is 1. The van der Waals surface area contributed by atoms with Gasteiger partial charge in [0.05, 0.1) is 5.69 Å². The van der Waals surface area contributed by atoms with Crippen molar-refractivity contribution in [2.75, 3.05) is 5.32 Å². The van der Waals surface area contributed by atoms with Crippen LogP contribution >= 0.6 is 11.6 Å². The molecule has 0 aliphatic rings. The summed E-state index contributed by atoms with van der Waals surface area (Å²) in [4.78, 5) is 15.4. The summed E-state index contributed by atoms with van der Waals surface area (Å²) in [6.45, 7) is 0. The Morgan fingerprint density at radius 1 is 1.11 bits per heavy atom. The van der Waals surface area contributed by atoms with Crippen LogP contribution in [0.2, 0.25) is 5.02 Å². The molecule has 1 aromatic carbocycles. The maximum Gasteiger partial charge on any atom is 0.274 e. The van der Waals surface area contributed by atoms with Gasteiger partial charge in [0.25, 0.3) is 5.91 Å². The van der Waals surface area contributed by atoms with Crippen LogP contribution in [0, 0.1) is 17.5 Å². The van der Waals surface area contributed by atoms with Gasteiger partial charge in [-0.25, -0.2) is 13.2 Å². The van der Waals surface area contributed by atoms with Crippen molar-refractivity contribution < 1.29 is 18.0 Å². The first kappa shape index (κ1) is 13.4. The number of pyridine rings is 1. The zero-order chi connectivity index (χ0) is 14.0. The van der Waals surface area contributed by atoms with Gasteiger partial charge >= 0.3 is 0 Å². The lowest BCUT2D eigenvalue weighted by Gasteiger charge is -2.06. The second-order valence-corrected chi connectivity index (χ2v) is 4.00. The lowest BCUT2D eigenvalue weighted by molar-refractivity contribution is 0.102. The molecule has 0 saturated heterocycles. The molecule has 0 atom stereocenters. The highest BCUT2D eigenvalue weighted by Crippen LogP contribution is 2.19. The SMILES string of the molecule is O=C(Nc1cc(F)c(F)cc1F)c1cc(Cl)ccn1. The molecule has 0 aliphatic carbocycles. The van der Waals surface area contributed by atoms with Crippen molar-refractivity contribution in [3.8, 4) is 0 Å². The first-order valence-electron chi connectivity index (χ1n) is 5.05. The topological polar surface area (TPSA) is 42.0 Å². The van der Waals surface area contributed by atoms with Gasteiger partial charge in [-0.2, -0.15) is 0 Å². The van der Waals surface area contributed by atoms with E-state index >= 15 is 0 Å². The molecule has 19 heavy (non-hydrogen) atoms. The minimum atomic E-state index is -1.34. The number of aromatic nitrogens is 1. The fourth-order valence-corrected chi connectivity index (χ4v) is 1.49. The van der Waals surface area contributed by atoms with E-state index in [0.717, 1.165) is 0 Å². The highest BCUT2D eigenvalue weighted by atomic mass is 35.5. The van der Waals surface area contributed by atoms with E-state index in [2.05, 4.69) is 10.3 Å². The molecule has 98 valence electrons. The zero-order valence-electron chi connectivity index (χ0n) is 9.25. The van der Waals surface area contributed by atoms with Crippen molar-refractivity contribution >= 4 is 23.2 Å². The minimum Gasteiger partial charge on any atom is -0.318 e. The molecule has 0 aliphatic heterocycles. The lowest BCUT2D eigenvalue weighted by Crippen LogP contribution is -2.15. The number of nitrogens with zero attached hydrogens (tertiary/aromatic N) is 1. The minimum absolute atomic E-state index is 0.0726. The summed E-state index contributed by atoms with van der Waals surface area (Å²) < 4.78 is 39.0. The monoisotopic (exact) mass is 286 g/mol. The second kappa shape index (κ2) is 5.27. The Hall–Kier alpha value is -2.08. The van der Waals surface area contributed by atoms with Gasteiger partial charge in [-0.3, -0.25) is 9.78 Å². The van der Waals surface area contributed by atoms with Crippen LogP contribution in [0.1, 0.15) is 10.5 Å². The Balaban J connectivity index is 2.27. The molecule has 3 nitrogen and oxygen atoms in total. The number of halogens is 4. The zero-order valence-corrected chi connectivity index (χ0v) is 10.0. The number of hydrogen-bond donors (Lipinski definition) is 1. The quantitative estimate of drug-likeness (QED) is 0.860. The van der Waals surface area contributed by atoms with E-state index in [-0.39, 0.29) is 10.7 Å². The summed E-state index contributed by atoms with van der Waals surface area (Å²) >= 11 is 5.67. The first-order chi connectivity index (χ1) is 8.97. The van der Waals surface area contributed by atoms with Gasteiger partial charge in [-0.1, -0.05) is 11.6 Å². The van der Waals surface area contributed by atoms with Crippen molar-refractivity contribution in [2.24, 2.45) is 0 Å². The highest BCUT2D eigenvalue weighted by Gasteiger charge is 2.14. The maximum atomic E-state index is 13.3. The largest absolute Gasteiger partial charge is 0.318 e. The Morgan fingerprint density at radius 2 is 1.79 bits per heavy atom. The average Bonchev–Trinajstić information content (AvgIpc) is 2.36. The molecule has 7 heteroatoms. The van der Waals surface area contributed by atoms with E-state index in [0.29, 0.717) is 12.1 Å². The molecule has 2 aromatic rings. The predicted octanol–water partition coefficient (Wildman–Crippen LogP) is 3.40. The van der Waals surface area contributed by atoms with Gasteiger partial charge in [-0.15, -0.1) is 0 Å². The normalized spacial score (nSPS) is 10.3. The van der Waals surface area contributed by atoms with Crippen LogP contribution in [0.25, 0.3) is 0 Å². The summed E-state index contributed by atoms with van der Waals surface area (Å²) in [6, 6.07) is 3.61. The number of anilines is 1. The van der Waals surface area contributed by atoms with E-state index < -0.39 is 29.0 Å².